The van der Waals surface area contributed by atoms with Gasteiger partial charge in [-0.25, -0.2) is 4.79 Å². The molecule has 5 saturated carbocycles. The number of benzene rings is 1. The van der Waals surface area contributed by atoms with E-state index in [1.807, 2.05) is 12.1 Å². The average Bonchev–Trinajstić information content (AvgIpc) is 3.36. The lowest BCUT2D eigenvalue weighted by atomic mass is 9.31. The largest absolute Gasteiger partial charge is 0.497 e. The number of ether oxygens (including phenoxy) is 2. The number of carboxylic acid groups (broad SMARTS) is 1. The molecule has 0 radical (unpaired) electrons. The summed E-state index contributed by atoms with van der Waals surface area (Å²) in [4.78, 5) is 38.9. The number of fused-ring (bicyclic) bond motifs is 7. The second-order valence-corrected chi connectivity index (χ2v) is 18.5. The number of hydrogen-bond acceptors (Lipinski definition) is 5. The number of carbonyl (C=O) groups excluding carboxylic acids is 2. The van der Waals surface area contributed by atoms with Gasteiger partial charge in [0.25, 0.3) is 0 Å². The Labute approximate surface area is 288 Å². The molecule has 0 bridgehead atoms. The normalized spacial score (nSPS) is 42.8. The molecular weight excluding hydrogens is 602 g/mol. The van der Waals surface area contributed by atoms with Crippen LogP contribution in [0.15, 0.2) is 24.3 Å². The molecule has 266 valence electrons. The third-order valence-electron chi connectivity index (χ3n) is 16.5. The number of methoxy groups -OCH3 is 1. The fraction of sp³-hybridized carbons (Fsp3) is 0.780. The van der Waals surface area contributed by atoms with Crippen molar-refractivity contribution >= 4 is 17.8 Å². The van der Waals surface area contributed by atoms with Crippen molar-refractivity contribution in [2.24, 2.45) is 62.1 Å². The zero-order chi connectivity index (χ0) is 35.1. The van der Waals surface area contributed by atoms with E-state index < -0.39 is 11.4 Å². The molecule has 2 N–H and O–H groups in total. The van der Waals surface area contributed by atoms with E-state index >= 15 is 0 Å². The summed E-state index contributed by atoms with van der Waals surface area (Å²) in [5, 5.41) is 12.3. The molecule has 1 aromatic carbocycles. The number of carbonyl (C=O) groups is 3. The molecule has 0 aromatic heterocycles. The standard InChI is InChI=1S/C41H61NO6/c1-25(2)37(5)20-22-41(35(46)42-24-32(43)44)23-21-39(7)28(33(37)41)14-15-30-38(6)18-17-31(36(3,4)29(38)16-19-40(30,39)8)48-34(45)26-10-12-27(47-9)13-11-26/h10-13,25,28-31,33H,14-24H2,1-9H3,(H,42,46)(H,43,44)/t28?,29?,30?,31-,33?,37?,38+,39-,40-,41+/m1/s1. The Morgan fingerprint density at radius 3 is 2.12 bits per heavy atom. The minimum Gasteiger partial charge on any atom is -0.497 e. The molecule has 0 heterocycles. The van der Waals surface area contributed by atoms with Crippen LogP contribution in [0, 0.1) is 62.1 Å². The highest BCUT2D eigenvalue weighted by Crippen LogP contribution is 2.79. The molecule has 10 atom stereocenters. The highest BCUT2D eigenvalue weighted by atomic mass is 16.5. The average molecular weight is 664 g/mol. The first-order valence-corrected chi connectivity index (χ1v) is 18.8. The van der Waals surface area contributed by atoms with Crippen molar-refractivity contribution < 1.29 is 29.0 Å². The summed E-state index contributed by atoms with van der Waals surface area (Å²) >= 11 is 0. The Hall–Kier alpha value is -2.57. The molecule has 1 aromatic rings. The Morgan fingerprint density at radius 1 is 0.833 bits per heavy atom. The van der Waals surface area contributed by atoms with Crippen LogP contribution in [-0.2, 0) is 14.3 Å². The molecule has 0 aliphatic heterocycles. The van der Waals surface area contributed by atoms with Crippen LogP contribution < -0.4 is 10.1 Å². The highest BCUT2D eigenvalue weighted by Gasteiger charge is 2.73. The topological polar surface area (TPSA) is 102 Å². The first kappa shape index (κ1) is 35.3. The third-order valence-corrected chi connectivity index (χ3v) is 16.5. The summed E-state index contributed by atoms with van der Waals surface area (Å²) in [5.41, 5.74) is 0.314. The van der Waals surface area contributed by atoms with Gasteiger partial charge in [0.2, 0.25) is 5.91 Å². The molecule has 5 aliphatic rings. The molecule has 7 heteroatoms. The Morgan fingerprint density at radius 2 is 1.50 bits per heavy atom. The number of aliphatic carboxylic acids is 1. The van der Waals surface area contributed by atoms with Gasteiger partial charge in [-0.15, -0.1) is 0 Å². The maximum Gasteiger partial charge on any atom is 0.338 e. The van der Waals surface area contributed by atoms with Crippen molar-refractivity contribution in [2.75, 3.05) is 13.7 Å². The van der Waals surface area contributed by atoms with Gasteiger partial charge in [0, 0.05) is 5.41 Å². The summed E-state index contributed by atoms with van der Waals surface area (Å²) in [6, 6.07) is 7.20. The molecule has 5 fully saturated rings. The van der Waals surface area contributed by atoms with Gasteiger partial charge in [0.05, 0.1) is 18.1 Å². The maximum atomic E-state index is 14.1. The van der Waals surface area contributed by atoms with E-state index in [0.29, 0.717) is 29.2 Å². The number of nitrogens with one attached hydrogen (secondary N) is 1. The zero-order valence-electron chi connectivity index (χ0n) is 31.0. The van der Waals surface area contributed by atoms with Gasteiger partial charge in [0.15, 0.2) is 0 Å². The number of rotatable bonds is 7. The first-order chi connectivity index (χ1) is 22.4. The summed E-state index contributed by atoms with van der Waals surface area (Å²) in [6.45, 7) is 19.2. The molecule has 0 saturated heterocycles. The second-order valence-electron chi connectivity index (χ2n) is 18.5. The number of amides is 1. The van der Waals surface area contributed by atoms with Crippen LogP contribution in [0.5, 0.6) is 5.75 Å². The van der Waals surface area contributed by atoms with E-state index in [2.05, 4.69) is 60.7 Å². The van der Waals surface area contributed by atoms with E-state index in [1.165, 1.54) is 0 Å². The minimum absolute atomic E-state index is 0.0199. The number of esters is 1. The van der Waals surface area contributed by atoms with Crippen LogP contribution in [0.1, 0.15) is 130 Å². The van der Waals surface area contributed by atoms with Crippen LogP contribution in [0.2, 0.25) is 0 Å². The summed E-state index contributed by atoms with van der Waals surface area (Å²) in [7, 11) is 1.62. The highest BCUT2D eigenvalue weighted by molar-refractivity contribution is 5.89. The predicted octanol–water partition coefficient (Wildman–Crippen LogP) is 8.55. The fourth-order valence-electron chi connectivity index (χ4n) is 13.5. The van der Waals surface area contributed by atoms with Gasteiger partial charge in [-0.1, -0.05) is 55.4 Å². The van der Waals surface area contributed by atoms with Crippen molar-refractivity contribution in [3.63, 3.8) is 0 Å². The predicted molar refractivity (Wildman–Crippen MR) is 186 cm³/mol. The lowest BCUT2D eigenvalue weighted by molar-refractivity contribution is -0.252. The number of carboxylic acids is 1. The van der Waals surface area contributed by atoms with Crippen molar-refractivity contribution in [3.05, 3.63) is 29.8 Å². The third kappa shape index (κ3) is 4.89. The SMILES string of the molecule is COc1ccc(C(=O)O[C@@H]2CC[C@@]3(C)C(CC[C@]4(C)C3CCC3C5C(C)(C(C)C)CC[C@]5(C(=O)NCC(=O)O)CC[C@]34C)C2(C)C)cc1. The van der Waals surface area contributed by atoms with Gasteiger partial charge in [0.1, 0.15) is 18.4 Å². The first-order valence-electron chi connectivity index (χ1n) is 18.8. The zero-order valence-corrected chi connectivity index (χ0v) is 31.0. The molecule has 48 heavy (non-hydrogen) atoms. The molecule has 5 unspecified atom stereocenters. The monoisotopic (exact) mass is 663 g/mol. The fourth-order valence-corrected chi connectivity index (χ4v) is 13.5. The van der Waals surface area contributed by atoms with E-state index in [-0.39, 0.29) is 57.5 Å². The summed E-state index contributed by atoms with van der Waals surface area (Å²) in [5.74, 6) is 1.58. The van der Waals surface area contributed by atoms with Crippen LogP contribution in [0.4, 0.5) is 0 Å². The lowest BCUT2D eigenvalue weighted by Crippen LogP contribution is -2.68. The maximum absolute atomic E-state index is 14.1. The van der Waals surface area contributed by atoms with E-state index in [1.54, 1.807) is 19.2 Å². The Balaban J connectivity index is 1.28. The van der Waals surface area contributed by atoms with Gasteiger partial charge in [-0.3, -0.25) is 9.59 Å². The van der Waals surface area contributed by atoms with Crippen molar-refractivity contribution in [3.8, 4) is 5.75 Å². The minimum atomic E-state index is -0.979. The van der Waals surface area contributed by atoms with Gasteiger partial charge in [-0.05, 0) is 140 Å². The molecule has 0 spiro atoms. The van der Waals surface area contributed by atoms with E-state index in [4.69, 9.17) is 9.47 Å². The Kier molecular flexibility index (Phi) is 8.64. The molecule has 1 amide bonds. The second kappa shape index (κ2) is 11.8. The Bertz CT molecular complexity index is 1440. The van der Waals surface area contributed by atoms with Crippen molar-refractivity contribution in [1.29, 1.82) is 0 Å². The van der Waals surface area contributed by atoms with Gasteiger partial charge >= 0.3 is 11.9 Å². The van der Waals surface area contributed by atoms with Crippen molar-refractivity contribution in [2.45, 2.75) is 126 Å². The van der Waals surface area contributed by atoms with Crippen LogP contribution in [-0.4, -0.2) is 42.7 Å². The summed E-state index contributed by atoms with van der Waals surface area (Å²) < 4.78 is 11.6. The number of hydrogen-bond donors (Lipinski definition) is 2. The van der Waals surface area contributed by atoms with Crippen LogP contribution in [0.3, 0.4) is 0 Å². The van der Waals surface area contributed by atoms with Crippen LogP contribution in [0.25, 0.3) is 0 Å². The van der Waals surface area contributed by atoms with Gasteiger partial charge < -0.3 is 19.9 Å². The summed E-state index contributed by atoms with van der Waals surface area (Å²) in [6.07, 6.45) is 10.1. The quantitative estimate of drug-likeness (QED) is 0.284. The molecule has 5 aliphatic carbocycles. The lowest BCUT2D eigenvalue weighted by Gasteiger charge is -2.73. The van der Waals surface area contributed by atoms with Crippen LogP contribution >= 0.6 is 0 Å². The van der Waals surface area contributed by atoms with E-state index in [9.17, 15) is 19.5 Å². The smallest absolute Gasteiger partial charge is 0.338 e. The molecule has 7 nitrogen and oxygen atoms in total. The van der Waals surface area contributed by atoms with Gasteiger partial charge in [-0.2, -0.15) is 0 Å². The molecular formula is C41H61NO6. The van der Waals surface area contributed by atoms with Crippen molar-refractivity contribution in [1.82, 2.24) is 5.32 Å². The molecule has 6 rings (SSSR count). The van der Waals surface area contributed by atoms with E-state index in [0.717, 1.165) is 70.0 Å².